The van der Waals surface area contributed by atoms with E-state index in [9.17, 15) is 8.42 Å². The third-order valence-corrected chi connectivity index (χ3v) is 4.79. The lowest BCUT2D eigenvalue weighted by Crippen LogP contribution is -2.01. The predicted octanol–water partition coefficient (Wildman–Crippen LogP) is 1.84. The highest BCUT2D eigenvalue weighted by Gasteiger charge is 2.13. The molecule has 9 heteroatoms. The number of pyridine rings is 3. The van der Waals surface area contributed by atoms with Crippen molar-refractivity contribution in [2.45, 2.75) is 5.03 Å². The van der Waals surface area contributed by atoms with Crippen LogP contribution in [0.1, 0.15) is 0 Å². The number of nitrogen functional groups attached to an aromatic ring is 1. The average Bonchev–Trinajstić information content (AvgIpc) is 3.07. The van der Waals surface area contributed by atoms with Crippen LogP contribution in [0.4, 0.5) is 5.82 Å². The molecule has 4 aromatic rings. The van der Waals surface area contributed by atoms with E-state index in [1.165, 1.54) is 16.8 Å². The molecule has 0 aliphatic rings. The van der Waals surface area contributed by atoms with E-state index in [0.717, 1.165) is 11.8 Å². The van der Waals surface area contributed by atoms with Crippen molar-refractivity contribution in [2.24, 2.45) is 0 Å². The lowest BCUT2D eigenvalue weighted by molar-refractivity contribution is 0.598. The molecule has 0 atom stereocenters. The largest absolute Gasteiger partial charge is 0.384 e. The van der Waals surface area contributed by atoms with Crippen molar-refractivity contribution >= 4 is 21.3 Å². The van der Waals surface area contributed by atoms with Gasteiger partial charge in [-0.05, 0) is 47.5 Å². The molecule has 0 aromatic carbocycles. The normalized spacial score (nSPS) is 11.7. The molecule has 0 saturated carbocycles. The number of nitrogens with zero attached hydrogens (tertiary/aromatic N) is 5. The van der Waals surface area contributed by atoms with Crippen LogP contribution in [0.2, 0.25) is 0 Å². The SMILES string of the molecule is CS(=O)(=O)c1cc(-c2cc(N)n3nc(-c4ccccn4)nc3c2)ccn1. The lowest BCUT2D eigenvalue weighted by atomic mass is 10.1. The van der Waals surface area contributed by atoms with Gasteiger partial charge < -0.3 is 5.73 Å². The molecular weight excluding hydrogens is 352 g/mol. The third kappa shape index (κ3) is 2.88. The van der Waals surface area contributed by atoms with Gasteiger partial charge in [0.05, 0.1) is 0 Å². The Morgan fingerprint density at radius 1 is 1.00 bits per heavy atom. The summed E-state index contributed by atoms with van der Waals surface area (Å²) in [6.07, 6.45) is 4.24. The Morgan fingerprint density at radius 2 is 1.85 bits per heavy atom. The minimum Gasteiger partial charge on any atom is -0.384 e. The monoisotopic (exact) mass is 366 g/mol. The number of anilines is 1. The van der Waals surface area contributed by atoms with Crippen molar-refractivity contribution in [3.8, 4) is 22.6 Å². The molecule has 0 radical (unpaired) electrons. The first kappa shape index (κ1) is 16.2. The molecule has 0 saturated heterocycles. The molecule has 4 aromatic heterocycles. The summed E-state index contributed by atoms with van der Waals surface area (Å²) in [4.78, 5) is 12.6. The van der Waals surface area contributed by atoms with Gasteiger partial charge in [0.2, 0.25) is 5.82 Å². The van der Waals surface area contributed by atoms with Crippen LogP contribution in [0.15, 0.2) is 59.9 Å². The highest BCUT2D eigenvalue weighted by molar-refractivity contribution is 7.90. The Hall–Kier alpha value is -3.33. The summed E-state index contributed by atoms with van der Waals surface area (Å²) >= 11 is 0. The van der Waals surface area contributed by atoms with E-state index in [0.29, 0.717) is 28.5 Å². The van der Waals surface area contributed by atoms with Crippen LogP contribution in [0, 0.1) is 0 Å². The van der Waals surface area contributed by atoms with Gasteiger partial charge in [-0.15, -0.1) is 5.10 Å². The summed E-state index contributed by atoms with van der Waals surface area (Å²) in [6, 6.07) is 12.2. The Bertz CT molecular complexity index is 1220. The van der Waals surface area contributed by atoms with E-state index in [4.69, 9.17) is 5.73 Å². The van der Waals surface area contributed by atoms with Gasteiger partial charge in [-0.2, -0.15) is 4.52 Å². The molecule has 0 unspecified atom stereocenters. The Kier molecular flexibility index (Phi) is 3.66. The summed E-state index contributed by atoms with van der Waals surface area (Å²) in [5.41, 5.74) is 8.70. The van der Waals surface area contributed by atoms with Gasteiger partial charge in [-0.1, -0.05) is 6.07 Å². The molecule has 0 aliphatic heterocycles. The fourth-order valence-corrected chi connectivity index (χ4v) is 3.16. The Labute approximate surface area is 149 Å². The van der Waals surface area contributed by atoms with Gasteiger partial charge in [0.1, 0.15) is 11.5 Å². The van der Waals surface area contributed by atoms with Crippen LogP contribution in [0.3, 0.4) is 0 Å². The summed E-state index contributed by atoms with van der Waals surface area (Å²) in [5, 5.41) is 4.39. The average molecular weight is 366 g/mol. The zero-order chi connectivity index (χ0) is 18.3. The summed E-state index contributed by atoms with van der Waals surface area (Å²) in [6.45, 7) is 0. The van der Waals surface area contributed by atoms with E-state index >= 15 is 0 Å². The summed E-state index contributed by atoms with van der Waals surface area (Å²) in [5.74, 6) is 0.839. The zero-order valence-electron chi connectivity index (χ0n) is 13.7. The lowest BCUT2D eigenvalue weighted by Gasteiger charge is -2.06. The van der Waals surface area contributed by atoms with Gasteiger partial charge in [-0.25, -0.2) is 18.4 Å². The van der Waals surface area contributed by atoms with Crippen LogP contribution in [-0.2, 0) is 9.84 Å². The quantitative estimate of drug-likeness (QED) is 0.588. The fraction of sp³-hybridized carbons (Fsp3) is 0.0588. The minimum absolute atomic E-state index is 0.00378. The van der Waals surface area contributed by atoms with Crippen LogP contribution in [0.25, 0.3) is 28.3 Å². The first-order valence-corrected chi connectivity index (χ1v) is 9.55. The van der Waals surface area contributed by atoms with Gasteiger partial charge in [-0.3, -0.25) is 4.98 Å². The molecule has 0 amide bonds. The molecule has 0 fully saturated rings. The third-order valence-electron chi connectivity index (χ3n) is 3.81. The highest BCUT2D eigenvalue weighted by Crippen LogP contribution is 2.26. The van der Waals surface area contributed by atoms with E-state index in [1.807, 2.05) is 18.2 Å². The number of aromatic nitrogens is 5. The minimum atomic E-state index is -3.40. The van der Waals surface area contributed by atoms with Crippen molar-refractivity contribution < 1.29 is 8.42 Å². The van der Waals surface area contributed by atoms with Crippen molar-refractivity contribution in [3.05, 3.63) is 54.9 Å². The first-order valence-electron chi connectivity index (χ1n) is 7.66. The second-order valence-electron chi connectivity index (χ2n) is 5.74. The second kappa shape index (κ2) is 5.88. The highest BCUT2D eigenvalue weighted by atomic mass is 32.2. The van der Waals surface area contributed by atoms with Crippen LogP contribution in [-0.4, -0.2) is 39.2 Å². The van der Waals surface area contributed by atoms with Crippen molar-refractivity contribution in [1.82, 2.24) is 24.6 Å². The van der Waals surface area contributed by atoms with Gasteiger partial charge in [0.25, 0.3) is 0 Å². The van der Waals surface area contributed by atoms with E-state index in [1.54, 1.807) is 24.4 Å². The van der Waals surface area contributed by atoms with E-state index in [2.05, 4.69) is 20.1 Å². The maximum absolute atomic E-state index is 11.7. The number of fused-ring (bicyclic) bond motifs is 1. The van der Waals surface area contributed by atoms with Gasteiger partial charge in [0, 0.05) is 18.6 Å². The fourth-order valence-electron chi connectivity index (χ4n) is 2.57. The van der Waals surface area contributed by atoms with Crippen molar-refractivity contribution in [2.75, 3.05) is 12.0 Å². The number of sulfone groups is 1. The summed E-state index contributed by atoms with van der Waals surface area (Å²) < 4.78 is 25.0. The van der Waals surface area contributed by atoms with Crippen LogP contribution < -0.4 is 5.73 Å². The van der Waals surface area contributed by atoms with Crippen LogP contribution >= 0.6 is 0 Å². The molecule has 8 nitrogen and oxygen atoms in total. The number of hydrogen-bond donors (Lipinski definition) is 1. The second-order valence-corrected chi connectivity index (χ2v) is 7.71. The number of nitrogens with two attached hydrogens (primary N) is 1. The maximum atomic E-state index is 11.7. The molecule has 130 valence electrons. The first-order chi connectivity index (χ1) is 12.4. The zero-order valence-corrected chi connectivity index (χ0v) is 14.6. The maximum Gasteiger partial charge on any atom is 0.200 e. The molecule has 4 rings (SSSR count). The smallest absolute Gasteiger partial charge is 0.200 e. The van der Waals surface area contributed by atoms with Crippen LogP contribution in [0.5, 0.6) is 0 Å². The number of hydrogen-bond acceptors (Lipinski definition) is 7. The Balaban J connectivity index is 1.86. The van der Waals surface area contributed by atoms with Crippen molar-refractivity contribution in [1.29, 1.82) is 0 Å². The molecule has 2 N–H and O–H groups in total. The molecule has 0 aliphatic carbocycles. The molecule has 26 heavy (non-hydrogen) atoms. The molecule has 0 spiro atoms. The van der Waals surface area contributed by atoms with Gasteiger partial charge >= 0.3 is 0 Å². The molecule has 0 bridgehead atoms. The standard InChI is InChI=1S/C17H14N6O2S/c1-26(24,25)16-10-11(5-7-20-16)12-8-14(18)23-15(9-12)21-17(22-23)13-4-2-3-6-19-13/h2-10H,18H2,1H3. The topological polar surface area (TPSA) is 116 Å². The molecule has 4 heterocycles. The van der Waals surface area contributed by atoms with Crippen molar-refractivity contribution in [3.63, 3.8) is 0 Å². The molecular formula is C17H14N6O2S. The van der Waals surface area contributed by atoms with E-state index < -0.39 is 9.84 Å². The summed E-state index contributed by atoms with van der Waals surface area (Å²) in [7, 11) is -3.40. The number of rotatable bonds is 3. The van der Waals surface area contributed by atoms with E-state index in [-0.39, 0.29) is 5.03 Å². The Morgan fingerprint density at radius 3 is 2.58 bits per heavy atom. The van der Waals surface area contributed by atoms with Gasteiger partial charge in [0.15, 0.2) is 20.5 Å². The predicted molar refractivity (Wildman–Crippen MR) is 97.0 cm³/mol.